The van der Waals surface area contributed by atoms with E-state index in [0.717, 1.165) is 21.8 Å². The lowest BCUT2D eigenvalue weighted by Crippen LogP contribution is -2.22. The van der Waals surface area contributed by atoms with Crippen LogP contribution in [0.25, 0.3) is 21.8 Å². The molecule has 0 spiro atoms. The molecule has 3 aromatic rings. The van der Waals surface area contributed by atoms with Gasteiger partial charge in [0, 0.05) is 36.0 Å². The van der Waals surface area contributed by atoms with Crippen molar-refractivity contribution >= 4 is 32.7 Å². The van der Waals surface area contributed by atoms with Crippen LogP contribution in [0.15, 0.2) is 51.4 Å². The highest BCUT2D eigenvalue weighted by atomic mass is 32.2. The lowest BCUT2D eigenvalue weighted by molar-refractivity contribution is 0.521. The second-order valence-corrected chi connectivity index (χ2v) is 8.65. The van der Waals surface area contributed by atoms with Gasteiger partial charge in [-0.25, -0.2) is 17.7 Å². The Morgan fingerprint density at radius 3 is 2.32 bits per heavy atom. The van der Waals surface area contributed by atoms with Crippen LogP contribution >= 0.6 is 22.7 Å². The number of thiazole rings is 1. The summed E-state index contributed by atoms with van der Waals surface area (Å²) >= 11 is 3.23. The lowest BCUT2D eigenvalue weighted by atomic mass is 10.2. The monoisotopic (exact) mass is 350 g/mol. The number of rotatable bonds is 4. The van der Waals surface area contributed by atoms with E-state index in [0.29, 0.717) is 0 Å². The van der Waals surface area contributed by atoms with E-state index in [9.17, 15) is 8.42 Å². The Balaban J connectivity index is 1.91. The Bertz CT molecular complexity index is 864. The zero-order valence-corrected chi connectivity index (χ0v) is 14.5. The molecule has 0 radical (unpaired) electrons. The molecular formula is C15H14N2O2S3. The molecule has 0 saturated heterocycles. The van der Waals surface area contributed by atoms with Gasteiger partial charge in [-0.3, -0.25) is 0 Å². The van der Waals surface area contributed by atoms with Gasteiger partial charge in [-0.2, -0.15) is 11.3 Å². The Morgan fingerprint density at radius 2 is 1.73 bits per heavy atom. The minimum atomic E-state index is -3.39. The fourth-order valence-corrected chi connectivity index (χ4v) is 4.38. The molecule has 0 unspecified atom stereocenters. The highest BCUT2D eigenvalue weighted by Gasteiger charge is 2.17. The fourth-order valence-electron chi connectivity index (χ4n) is 1.93. The summed E-state index contributed by atoms with van der Waals surface area (Å²) in [5, 5.41) is 7.05. The molecule has 7 heteroatoms. The van der Waals surface area contributed by atoms with Crippen molar-refractivity contribution in [3.05, 3.63) is 46.5 Å². The van der Waals surface area contributed by atoms with Crippen molar-refractivity contribution in [3.63, 3.8) is 0 Å². The number of nitrogens with zero attached hydrogens (tertiary/aromatic N) is 2. The second-order valence-electron chi connectivity index (χ2n) is 4.86. The Kier molecular flexibility index (Phi) is 4.14. The number of benzene rings is 1. The molecule has 0 aliphatic rings. The van der Waals surface area contributed by atoms with Crippen molar-refractivity contribution in [1.82, 2.24) is 9.29 Å². The standard InChI is InChI=1S/C15H14N2O2S3/c1-17(2)22(18,19)13-5-3-11(4-6-13)14-10-21-15(16-14)12-7-8-20-9-12/h3-10H,1-2H3. The first-order valence-electron chi connectivity index (χ1n) is 6.49. The van der Waals surface area contributed by atoms with Crippen LogP contribution in [-0.2, 0) is 10.0 Å². The van der Waals surface area contributed by atoms with E-state index in [1.165, 1.54) is 18.4 Å². The zero-order chi connectivity index (χ0) is 15.7. The fraction of sp³-hybridized carbons (Fsp3) is 0.133. The van der Waals surface area contributed by atoms with Gasteiger partial charge in [-0.1, -0.05) is 12.1 Å². The summed E-state index contributed by atoms with van der Waals surface area (Å²) < 4.78 is 25.3. The maximum atomic E-state index is 12.1. The van der Waals surface area contributed by atoms with Gasteiger partial charge < -0.3 is 0 Å². The van der Waals surface area contributed by atoms with E-state index in [4.69, 9.17) is 0 Å². The molecule has 2 aromatic heterocycles. The van der Waals surface area contributed by atoms with Crippen LogP contribution in [0.5, 0.6) is 0 Å². The maximum absolute atomic E-state index is 12.1. The van der Waals surface area contributed by atoms with Gasteiger partial charge in [0.15, 0.2) is 0 Å². The number of thiophene rings is 1. The normalized spacial score (nSPS) is 12.0. The predicted octanol–water partition coefficient (Wildman–Crippen LogP) is 3.79. The molecule has 22 heavy (non-hydrogen) atoms. The molecular weight excluding hydrogens is 336 g/mol. The molecule has 0 amide bonds. The van der Waals surface area contributed by atoms with Crippen molar-refractivity contribution in [2.75, 3.05) is 14.1 Å². The molecule has 0 saturated carbocycles. The SMILES string of the molecule is CN(C)S(=O)(=O)c1ccc(-c2csc(-c3ccsc3)n2)cc1. The predicted molar refractivity (Wildman–Crippen MR) is 91.7 cm³/mol. The Labute approximate surface area is 137 Å². The van der Waals surface area contributed by atoms with Crippen molar-refractivity contribution in [3.8, 4) is 21.8 Å². The Morgan fingerprint density at radius 1 is 1.00 bits per heavy atom. The second kappa shape index (κ2) is 5.92. The van der Waals surface area contributed by atoms with E-state index in [1.54, 1.807) is 46.9 Å². The van der Waals surface area contributed by atoms with Gasteiger partial charge >= 0.3 is 0 Å². The van der Waals surface area contributed by atoms with Gasteiger partial charge in [-0.15, -0.1) is 11.3 Å². The zero-order valence-electron chi connectivity index (χ0n) is 12.1. The summed E-state index contributed by atoms with van der Waals surface area (Å²) in [4.78, 5) is 4.90. The van der Waals surface area contributed by atoms with Crippen LogP contribution < -0.4 is 0 Å². The third-order valence-electron chi connectivity index (χ3n) is 3.20. The maximum Gasteiger partial charge on any atom is 0.242 e. The molecule has 0 aliphatic carbocycles. The van der Waals surface area contributed by atoms with E-state index in [2.05, 4.69) is 10.4 Å². The number of aromatic nitrogens is 1. The van der Waals surface area contributed by atoms with Crippen molar-refractivity contribution < 1.29 is 8.42 Å². The highest BCUT2D eigenvalue weighted by molar-refractivity contribution is 7.89. The summed E-state index contributed by atoms with van der Waals surface area (Å²) in [6.45, 7) is 0. The number of hydrogen-bond donors (Lipinski definition) is 0. The lowest BCUT2D eigenvalue weighted by Gasteiger charge is -2.11. The average Bonchev–Trinajstić information content (AvgIpc) is 3.18. The largest absolute Gasteiger partial charge is 0.242 e. The molecule has 3 rings (SSSR count). The molecule has 0 atom stereocenters. The topological polar surface area (TPSA) is 50.3 Å². The van der Waals surface area contributed by atoms with Crippen LogP contribution in [0.4, 0.5) is 0 Å². The van der Waals surface area contributed by atoms with E-state index >= 15 is 0 Å². The van der Waals surface area contributed by atoms with E-state index in [-0.39, 0.29) is 4.90 Å². The molecule has 0 N–H and O–H groups in total. The summed E-state index contributed by atoms with van der Waals surface area (Å²) in [5.41, 5.74) is 2.89. The van der Waals surface area contributed by atoms with Crippen LogP contribution in [-0.4, -0.2) is 31.8 Å². The summed E-state index contributed by atoms with van der Waals surface area (Å²) in [7, 11) is -0.340. The molecule has 2 heterocycles. The third-order valence-corrected chi connectivity index (χ3v) is 6.60. The Hall–Kier alpha value is -1.54. The quantitative estimate of drug-likeness (QED) is 0.719. The minimum Gasteiger partial charge on any atom is -0.236 e. The first-order valence-corrected chi connectivity index (χ1v) is 9.76. The third kappa shape index (κ3) is 2.85. The van der Waals surface area contributed by atoms with Gasteiger partial charge in [0.25, 0.3) is 0 Å². The number of sulfonamides is 1. The first-order chi connectivity index (χ1) is 10.5. The van der Waals surface area contributed by atoms with Crippen LogP contribution in [0, 0.1) is 0 Å². The molecule has 4 nitrogen and oxygen atoms in total. The van der Waals surface area contributed by atoms with Gasteiger partial charge in [0.1, 0.15) is 5.01 Å². The first kappa shape index (κ1) is 15.4. The van der Waals surface area contributed by atoms with Gasteiger partial charge in [0.2, 0.25) is 10.0 Å². The minimum absolute atomic E-state index is 0.287. The van der Waals surface area contributed by atoms with E-state index in [1.807, 2.05) is 16.8 Å². The molecule has 0 fully saturated rings. The smallest absolute Gasteiger partial charge is 0.236 e. The molecule has 0 bridgehead atoms. The van der Waals surface area contributed by atoms with Crippen LogP contribution in [0.3, 0.4) is 0 Å². The average molecular weight is 350 g/mol. The van der Waals surface area contributed by atoms with Crippen molar-refractivity contribution in [2.45, 2.75) is 4.90 Å². The summed E-state index contributed by atoms with van der Waals surface area (Å²) in [6.07, 6.45) is 0. The molecule has 0 aliphatic heterocycles. The highest BCUT2D eigenvalue weighted by Crippen LogP contribution is 2.30. The van der Waals surface area contributed by atoms with E-state index < -0.39 is 10.0 Å². The number of hydrogen-bond acceptors (Lipinski definition) is 5. The van der Waals surface area contributed by atoms with Gasteiger partial charge in [0.05, 0.1) is 10.6 Å². The molecule has 1 aromatic carbocycles. The van der Waals surface area contributed by atoms with Crippen molar-refractivity contribution in [2.24, 2.45) is 0 Å². The van der Waals surface area contributed by atoms with Gasteiger partial charge in [-0.05, 0) is 23.6 Å². The molecule has 114 valence electrons. The van der Waals surface area contributed by atoms with Crippen LogP contribution in [0.1, 0.15) is 0 Å². The van der Waals surface area contributed by atoms with Crippen molar-refractivity contribution in [1.29, 1.82) is 0 Å². The summed E-state index contributed by atoms with van der Waals surface area (Å²) in [6, 6.07) is 8.87. The summed E-state index contributed by atoms with van der Waals surface area (Å²) in [5.74, 6) is 0. The van der Waals surface area contributed by atoms with Crippen LogP contribution in [0.2, 0.25) is 0 Å².